The number of hydrogen-bond acceptors (Lipinski definition) is 8. The van der Waals surface area contributed by atoms with Gasteiger partial charge in [-0.1, -0.05) is 29.5 Å². The number of para-hydroxylation sites is 1. The molecule has 0 aliphatic carbocycles. The SMILES string of the molecule is Cc1ccccc1N1C[C@H](c2nnc(NC(=O)Cn3cnc4c3c(=O)n(C)c(=O)n4C)s2)CC1=O. The van der Waals surface area contributed by atoms with Gasteiger partial charge in [0.05, 0.1) is 6.33 Å². The molecule has 1 atom stereocenters. The summed E-state index contributed by atoms with van der Waals surface area (Å²) in [6.07, 6.45) is 1.67. The predicted molar refractivity (Wildman–Crippen MR) is 130 cm³/mol. The highest BCUT2D eigenvalue weighted by Gasteiger charge is 2.34. The molecule has 13 heteroatoms. The van der Waals surface area contributed by atoms with E-state index in [4.69, 9.17) is 0 Å². The van der Waals surface area contributed by atoms with Crippen LogP contribution in [-0.4, -0.2) is 47.2 Å². The fraction of sp³-hybridized carbons (Fsp3) is 0.318. The molecule has 12 nitrogen and oxygen atoms in total. The second kappa shape index (κ2) is 8.58. The Kier molecular flexibility index (Phi) is 5.55. The number of hydrogen-bond donors (Lipinski definition) is 1. The van der Waals surface area contributed by atoms with Gasteiger partial charge in [-0.05, 0) is 18.6 Å². The van der Waals surface area contributed by atoms with E-state index in [2.05, 4.69) is 20.5 Å². The lowest BCUT2D eigenvalue weighted by atomic mass is 10.1. The Morgan fingerprint density at radius 1 is 1.14 bits per heavy atom. The summed E-state index contributed by atoms with van der Waals surface area (Å²) in [6, 6.07) is 7.72. The number of amides is 2. The quantitative estimate of drug-likeness (QED) is 0.432. The molecule has 4 heterocycles. The van der Waals surface area contributed by atoms with Gasteiger partial charge in [0.15, 0.2) is 11.2 Å². The van der Waals surface area contributed by atoms with Crippen LogP contribution in [0, 0.1) is 6.92 Å². The molecule has 5 rings (SSSR count). The summed E-state index contributed by atoms with van der Waals surface area (Å²) < 4.78 is 3.62. The topological polar surface area (TPSA) is 137 Å². The van der Waals surface area contributed by atoms with Crippen LogP contribution < -0.4 is 21.5 Å². The average Bonchev–Trinajstić information content (AvgIpc) is 3.55. The van der Waals surface area contributed by atoms with Crippen molar-refractivity contribution in [3.8, 4) is 0 Å². The molecule has 2 amide bonds. The molecule has 180 valence electrons. The molecule has 35 heavy (non-hydrogen) atoms. The van der Waals surface area contributed by atoms with Crippen LogP contribution >= 0.6 is 11.3 Å². The minimum atomic E-state index is -0.532. The average molecular weight is 495 g/mol. The summed E-state index contributed by atoms with van der Waals surface area (Å²) in [7, 11) is 2.89. The van der Waals surface area contributed by atoms with E-state index >= 15 is 0 Å². The number of fused-ring (bicyclic) bond motifs is 1. The van der Waals surface area contributed by atoms with Crippen molar-refractivity contribution in [1.29, 1.82) is 0 Å². The third-order valence-electron chi connectivity index (χ3n) is 6.10. The molecule has 0 spiro atoms. The molecular formula is C22H22N8O4S. The zero-order valence-corrected chi connectivity index (χ0v) is 20.1. The Bertz CT molecular complexity index is 1600. The first-order valence-electron chi connectivity index (χ1n) is 10.8. The lowest BCUT2D eigenvalue weighted by Gasteiger charge is -2.18. The number of nitrogens with zero attached hydrogens (tertiary/aromatic N) is 7. The molecular weight excluding hydrogens is 472 g/mol. The van der Waals surface area contributed by atoms with Crippen molar-refractivity contribution in [3.05, 3.63) is 62.0 Å². The number of imidazole rings is 1. The zero-order valence-electron chi connectivity index (χ0n) is 19.3. The van der Waals surface area contributed by atoms with Gasteiger partial charge in [-0.15, -0.1) is 10.2 Å². The second-order valence-electron chi connectivity index (χ2n) is 8.44. The molecule has 4 aromatic rings. The minimum Gasteiger partial charge on any atom is -0.315 e. The van der Waals surface area contributed by atoms with Gasteiger partial charge in [0, 0.05) is 38.7 Å². The van der Waals surface area contributed by atoms with E-state index in [1.165, 1.54) is 40.9 Å². The van der Waals surface area contributed by atoms with Crippen molar-refractivity contribution < 1.29 is 9.59 Å². The third kappa shape index (κ3) is 3.93. The summed E-state index contributed by atoms with van der Waals surface area (Å²) >= 11 is 1.22. The van der Waals surface area contributed by atoms with Gasteiger partial charge in [0.2, 0.25) is 16.9 Å². The summed E-state index contributed by atoms with van der Waals surface area (Å²) in [5.74, 6) is -0.521. The van der Waals surface area contributed by atoms with Crippen molar-refractivity contribution in [1.82, 2.24) is 28.9 Å². The Morgan fingerprint density at radius 2 is 1.91 bits per heavy atom. The largest absolute Gasteiger partial charge is 0.332 e. The number of carbonyl (C=O) groups excluding carboxylic acids is 2. The molecule has 1 fully saturated rings. The zero-order chi connectivity index (χ0) is 24.9. The summed E-state index contributed by atoms with van der Waals surface area (Å²) in [5, 5.41) is 11.9. The number of aromatic nitrogens is 6. The van der Waals surface area contributed by atoms with Crippen molar-refractivity contribution in [2.75, 3.05) is 16.8 Å². The van der Waals surface area contributed by atoms with Crippen molar-refractivity contribution in [3.63, 3.8) is 0 Å². The molecule has 3 aromatic heterocycles. The van der Waals surface area contributed by atoms with Crippen LogP contribution in [0.5, 0.6) is 0 Å². The van der Waals surface area contributed by atoms with Crippen LogP contribution in [0.4, 0.5) is 10.8 Å². The van der Waals surface area contributed by atoms with Crippen LogP contribution in [0.3, 0.4) is 0 Å². The first-order chi connectivity index (χ1) is 16.7. The lowest BCUT2D eigenvalue weighted by molar-refractivity contribution is -0.117. The molecule has 0 bridgehead atoms. The van der Waals surface area contributed by atoms with Crippen LogP contribution in [0.1, 0.15) is 22.9 Å². The number of rotatable bonds is 5. The Morgan fingerprint density at radius 3 is 2.69 bits per heavy atom. The third-order valence-corrected chi connectivity index (χ3v) is 7.10. The lowest BCUT2D eigenvalue weighted by Crippen LogP contribution is -2.37. The number of aryl methyl sites for hydroxylation is 2. The van der Waals surface area contributed by atoms with Gasteiger partial charge in [0.25, 0.3) is 5.56 Å². The predicted octanol–water partition coefficient (Wildman–Crippen LogP) is 0.753. The monoisotopic (exact) mass is 494 g/mol. The van der Waals surface area contributed by atoms with Crippen LogP contribution in [0.25, 0.3) is 11.2 Å². The maximum Gasteiger partial charge on any atom is 0.332 e. The Hall–Kier alpha value is -4.13. The summed E-state index contributed by atoms with van der Waals surface area (Å²) in [6.45, 7) is 2.27. The van der Waals surface area contributed by atoms with Gasteiger partial charge in [-0.2, -0.15) is 0 Å². The van der Waals surface area contributed by atoms with E-state index in [0.29, 0.717) is 23.1 Å². The van der Waals surface area contributed by atoms with Crippen molar-refractivity contribution in [2.45, 2.75) is 25.8 Å². The number of nitrogens with one attached hydrogen (secondary N) is 1. The molecule has 1 aliphatic heterocycles. The first kappa shape index (κ1) is 22.7. The molecule has 1 saturated heterocycles. The molecule has 1 aromatic carbocycles. The molecule has 0 unspecified atom stereocenters. The fourth-order valence-corrected chi connectivity index (χ4v) is 5.10. The Balaban J connectivity index is 1.30. The van der Waals surface area contributed by atoms with Gasteiger partial charge < -0.3 is 9.47 Å². The van der Waals surface area contributed by atoms with Crippen LogP contribution in [0.2, 0.25) is 0 Å². The second-order valence-corrected chi connectivity index (χ2v) is 9.45. The highest BCUT2D eigenvalue weighted by molar-refractivity contribution is 7.15. The van der Waals surface area contributed by atoms with Gasteiger partial charge in [-0.3, -0.25) is 28.8 Å². The smallest absolute Gasteiger partial charge is 0.315 e. The van der Waals surface area contributed by atoms with E-state index in [9.17, 15) is 19.2 Å². The van der Waals surface area contributed by atoms with E-state index < -0.39 is 17.2 Å². The highest BCUT2D eigenvalue weighted by Crippen LogP contribution is 2.35. The minimum absolute atomic E-state index is 0.0213. The molecule has 0 saturated carbocycles. The summed E-state index contributed by atoms with van der Waals surface area (Å²) in [4.78, 5) is 55.8. The van der Waals surface area contributed by atoms with Crippen LogP contribution in [-0.2, 0) is 30.2 Å². The van der Waals surface area contributed by atoms with Gasteiger partial charge >= 0.3 is 5.69 Å². The standard InChI is InChI=1S/C22H22N8O4S/c1-12-6-4-5-7-14(12)30-9-13(8-16(30)32)19-25-26-21(35-19)24-15(31)10-29-11-23-18-17(29)20(33)28(3)22(34)27(18)2/h4-7,11,13H,8-10H2,1-3H3,(H,24,26,31)/t13-/m1/s1. The number of carbonyl (C=O) groups is 2. The van der Waals surface area contributed by atoms with Gasteiger partial charge in [0.1, 0.15) is 11.6 Å². The number of benzene rings is 1. The molecule has 0 radical (unpaired) electrons. The summed E-state index contributed by atoms with van der Waals surface area (Å²) in [5.41, 5.74) is 1.24. The first-order valence-corrected chi connectivity index (χ1v) is 11.7. The van der Waals surface area contributed by atoms with E-state index in [1.54, 1.807) is 4.90 Å². The van der Waals surface area contributed by atoms with E-state index in [-0.39, 0.29) is 29.5 Å². The van der Waals surface area contributed by atoms with Gasteiger partial charge in [-0.25, -0.2) is 9.78 Å². The normalized spacial score (nSPS) is 15.8. The highest BCUT2D eigenvalue weighted by atomic mass is 32.1. The van der Waals surface area contributed by atoms with Crippen LogP contribution in [0.15, 0.2) is 40.2 Å². The van der Waals surface area contributed by atoms with E-state index in [1.807, 2.05) is 31.2 Å². The fourth-order valence-electron chi connectivity index (χ4n) is 4.25. The van der Waals surface area contributed by atoms with Crippen molar-refractivity contribution >= 4 is 45.1 Å². The maximum atomic E-state index is 12.7. The molecule has 1 N–H and O–H groups in total. The van der Waals surface area contributed by atoms with Crippen molar-refractivity contribution in [2.24, 2.45) is 14.1 Å². The van der Waals surface area contributed by atoms with E-state index in [0.717, 1.165) is 15.8 Å². The molecule has 1 aliphatic rings. The number of anilines is 2. The Labute approximate surface area is 202 Å². The maximum absolute atomic E-state index is 12.7.